The van der Waals surface area contributed by atoms with Crippen LogP contribution in [-0.4, -0.2) is 25.0 Å². The zero-order valence-electron chi connectivity index (χ0n) is 6.90. The Bertz CT molecular complexity index is 110. The van der Waals surface area contributed by atoms with Crippen LogP contribution in [0.15, 0.2) is 0 Å². The minimum atomic E-state index is 0. The summed E-state index contributed by atoms with van der Waals surface area (Å²) in [4.78, 5) is 10.8. The van der Waals surface area contributed by atoms with Crippen molar-refractivity contribution >= 4 is 5.91 Å². The summed E-state index contributed by atoms with van der Waals surface area (Å²) in [5.74, 6) is 0.0665. The molecule has 0 spiro atoms. The van der Waals surface area contributed by atoms with Gasteiger partial charge < -0.3 is 10.6 Å². The largest absolute Gasteiger partial charge is 0.353 e. The van der Waals surface area contributed by atoms with Gasteiger partial charge in [0.25, 0.3) is 0 Å². The molecule has 0 heterocycles. The van der Waals surface area contributed by atoms with Crippen LogP contribution in [0.25, 0.3) is 0 Å². The van der Waals surface area contributed by atoms with E-state index < -0.39 is 0 Å². The van der Waals surface area contributed by atoms with Crippen LogP contribution in [0.5, 0.6) is 0 Å². The van der Waals surface area contributed by atoms with Crippen molar-refractivity contribution in [3.63, 3.8) is 0 Å². The molecule has 2 N–H and O–H groups in total. The van der Waals surface area contributed by atoms with Crippen LogP contribution in [0.3, 0.4) is 0 Å². The molecule has 0 aromatic rings. The predicted octanol–water partition coefficient (Wildman–Crippen LogP) is 0.612. The van der Waals surface area contributed by atoms with E-state index in [1.165, 1.54) is 0 Å². The third kappa shape index (κ3) is 5.56. The highest BCUT2D eigenvalue weighted by Crippen LogP contribution is 1.74. The van der Waals surface area contributed by atoms with Gasteiger partial charge in [-0.05, 0) is 20.4 Å². The molecule has 0 bridgehead atoms. The Morgan fingerprint density at radius 2 is 2.20 bits per heavy atom. The molecule has 0 aromatic carbocycles. The van der Waals surface area contributed by atoms with Gasteiger partial charge in [-0.2, -0.15) is 0 Å². The van der Waals surface area contributed by atoms with E-state index >= 15 is 0 Å². The Morgan fingerprint density at radius 3 is 2.60 bits per heavy atom. The van der Waals surface area contributed by atoms with Gasteiger partial charge in [-0.25, -0.2) is 0 Å². The van der Waals surface area contributed by atoms with Crippen molar-refractivity contribution in [1.82, 2.24) is 10.6 Å². The smallest absolute Gasteiger partial charge is 0.234 e. The van der Waals surface area contributed by atoms with Crippen molar-refractivity contribution in [3.05, 3.63) is 0 Å². The average molecular weight is 148 g/mol. The molecule has 0 rings (SSSR count). The van der Waals surface area contributed by atoms with Gasteiger partial charge in [-0.1, -0.05) is 6.92 Å². The van der Waals surface area contributed by atoms with Crippen LogP contribution in [-0.2, 0) is 4.79 Å². The highest BCUT2D eigenvalue weighted by atomic mass is 16.1. The molecular formula is C7H20N2O. The average Bonchev–Trinajstić information content (AvgIpc) is 1.82. The number of likely N-dealkylation sites (N-methyl/N-ethyl adjacent to an activating group) is 1. The summed E-state index contributed by atoms with van der Waals surface area (Å²) in [5.41, 5.74) is 0. The lowest BCUT2D eigenvalue weighted by atomic mass is 10.4. The van der Waals surface area contributed by atoms with Crippen molar-refractivity contribution < 1.29 is 7.65 Å². The monoisotopic (exact) mass is 148 g/mol. The Balaban J connectivity index is -0.000000405. The van der Waals surface area contributed by atoms with E-state index in [1.54, 1.807) is 0 Å². The maximum atomic E-state index is 10.8. The molecule has 3 heteroatoms. The van der Waals surface area contributed by atoms with Crippen LogP contribution in [0.2, 0.25) is 0 Å². The number of carbonyl (C=O) groups excluding carboxylic acids is 1. The predicted molar refractivity (Wildman–Crippen MR) is 46.1 cm³/mol. The summed E-state index contributed by atoms with van der Waals surface area (Å²) in [6.07, 6.45) is 0. The lowest BCUT2D eigenvalue weighted by Gasteiger charge is -2.07. The summed E-state index contributed by atoms with van der Waals surface area (Å²) in [6.45, 7) is 7.14. The van der Waals surface area contributed by atoms with E-state index in [0.29, 0.717) is 6.54 Å². The van der Waals surface area contributed by atoms with Crippen molar-refractivity contribution in [3.8, 4) is 0 Å². The summed E-state index contributed by atoms with van der Waals surface area (Å²) in [7, 11) is 0. The van der Waals surface area contributed by atoms with Crippen LogP contribution in [0, 0.1) is 0 Å². The van der Waals surface area contributed by atoms with Crippen molar-refractivity contribution in [2.75, 3.05) is 13.1 Å². The van der Waals surface area contributed by atoms with Gasteiger partial charge in [0.1, 0.15) is 0 Å². The Kier molecular flexibility index (Phi) is 4.94. The molecule has 0 unspecified atom stereocenters. The molecule has 0 aliphatic heterocycles. The number of hydrogen-bond donors (Lipinski definition) is 2. The standard InChI is InChI=1S/C7H16N2O.2H2/c1-4-8-5-7(10)9-6(2)3;;/h6,8H,4-5H2,1-3H3,(H,9,10);2*1H. The lowest BCUT2D eigenvalue weighted by Crippen LogP contribution is -2.37. The molecule has 1 amide bonds. The number of rotatable bonds is 4. The highest BCUT2D eigenvalue weighted by molar-refractivity contribution is 5.78. The van der Waals surface area contributed by atoms with Gasteiger partial charge in [0, 0.05) is 8.90 Å². The van der Waals surface area contributed by atoms with Gasteiger partial charge in [0.15, 0.2) is 0 Å². The third-order valence-electron chi connectivity index (χ3n) is 0.985. The van der Waals surface area contributed by atoms with Crippen molar-refractivity contribution in [2.45, 2.75) is 26.8 Å². The van der Waals surface area contributed by atoms with Crippen molar-refractivity contribution in [2.24, 2.45) is 0 Å². The lowest BCUT2D eigenvalue weighted by molar-refractivity contribution is -0.120. The molecule has 0 aromatic heterocycles. The van der Waals surface area contributed by atoms with E-state index in [-0.39, 0.29) is 14.8 Å². The van der Waals surface area contributed by atoms with E-state index in [1.807, 2.05) is 20.8 Å². The summed E-state index contributed by atoms with van der Waals surface area (Å²) in [5, 5.41) is 5.72. The SMILES string of the molecule is CCNCC(=O)NC(C)C.[HH].[HH]. The number of hydrogen-bond acceptors (Lipinski definition) is 2. The first-order chi connectivity index (χ1) is 4.66. The number of nitrogens with one attached hydrogen (secondary N) is 2. The van der Waals surface area contributed by atoms with E-state index in [9.17, 15) is 4.79 Å². The van der Waals surface area contributed by atoms with E-state index in [4.69, 9.17) is 0 Å². The Hall–Kier alpha value is -0.570. The summed E-state index contributed by atoms with van der Waals surface area (Å²) < 4.78 is 0. The maximum absolute atomic E-state index is 10.8. The highest BCUT2D eigenvalue weighted by Gasteiger charge is 1.99. The second kappa shape index (κ2) is 5.23. The zero-order valence-corrected chi connectivity index (χ0v) is 6.90. The first-order valence-corrected chi connectivity index (χ1v) is 3.67. The van der Waals surface area contributed by atoms with Crippen LogP contribution < -0.4 is 10.6 Å². The number of amides is 1. The van der Waals surface area contributed by atoms with Gasteiger partial charge >= 0.3 is 0 Å². The maximum Gasteiger partial charge on any atom is 0.234 e. The molecule has 0 aliphatic carbocycles. The van der Waals surface area contributed by atoms with Gasteiger partial charge in [-0.15, -0.1) is 0 Å². The molecule has 64 valence electrons. The second-order valence-corrected chi connectivity index (χ2v) is 2.50. The quantitative estimate of drug-likeness (QED) is 0.613. The first-order valence-electron chi connectivity index (χ1n) is 3.67. The van der Waals surface area contributed by atoms with Crippen LogP contribution in [0.1, 0.15) is 23.6 Å². The Labute approximate surface area is 65.2 Å². The molecular weight excluding hydrogens is 128 g/mol. The zero-order chi connectivity index (χ0) is 7.98. The van der Waals surface area contributed by atoms with Gasteiger partial charge in [-0.3, -0.25) is 4.79 Å². The normalized spacial score (nSPS) is 10.0. The van der Waals surface area contributed by atoms with Crippen LogP contribution in [0.4, 0.5) is 0 Å². The third-order valence-corrected chi connectivity index (χ3v) is 0.985. The van der Waals surface area contributed by atoms with Crippen LogP contribution >= 0.6 is 0 Å². The Morgan fingerprint density at radius 1 is 1.60 bits per heavy atom. The summed E-state index contributed by atoms with van der Waals surface area (Å²) >= 11 is 0. The first kappa shape index (κ1) is 9.43. The van der Waals surface area contributed by atoms with Gasteiger partial charge in [0.2, 0.25) is 5.91 Å². The minimum absolute atomic E-state index is 0. The van der Waals surface area contributed by atoms with Gasteiger partial charge in [0.05, 0.1) is 6.54 Å². The minimum Gasteiger partial charge on any atom is -0.353 e. The fourth-order valence-corrected chi connectivity index (χ4v) is 0.612. The topological polar surface area (TPSA) is 41.1 Å². The van der Waals surface area contributed by atoms with Crippen molar-refractivity contribution in [1.29, 1.82) is 0 Å². The molecule has 0 aliphatic rings. The summed E-state index contributed by atoms with van der Waals surface area (Å²) in [6, 6.07) is 0.242. The molecule has 3 nitrogen and oxygen atoms in total. The van der Waals surface area contributed by atoms with E-state index in [0.717, 1.165) is 6.54 Å². The fraction of sp³-hybridized carbons (Fsp3) is 0.857. The second-order valence-electron chi connectivity index (χ2n) is 2.50. The fourth-order valence-electron chi connectivity index (χ4n) is 0.612. The molecule has 0 saturated carbocycles. The molecule has 0 saturated heterocycles. The molecule has 10 heavy (non-hydrogen) atoms. The number of carbonyl (C=O) groups is 1. The molecule has 0 fully saturated rings. The van der Waals surface area contributed by atoms with E-state index in [2.05, 4.69) is 10.6 Å². The molecule has 0 radical (unpaired) electrons. The molecule has 0 atom stereocenters.